The maximum Gasteiger partial charge on any atom is 0.267 e. The van der Waals surface area contributed by atoms with Crippen molar-refractivity contribution in [3.8, 4) is 0 Å². The molecule has 0 aliphatic carbocycles. The molecule has 7 atom stereocenters. The van der Waals surface area contributed by atoms with E-state index in [2.05, 4.69) is 57.5 Å². The minimum atomic E-state index is -1.31. The van der Waals surface area contributed by atoms with Crippen molar-refractivity contribution < 1.29 is 43.2 Å². The van der Waals surface area contributed by atoms with Crippen LogP contribution in [0.2, 0.25) is 0 Å². The molecule has 25 N–H and O–H groups in total. The minimum Gasteiger partial charge on any atom is -0.370 e. The van der Waals surface area contributed by atoms with Crippen LogP contribution in [0.15, 0.2) is 29.3 Å². The number of guanidine groups is 1. The van der Waals surface area contributed by atoms with Gasteiger partial charge in [0.1, 0.15) is 41.9 Å². The molecule has 1 aliphatic rings. The lowest BCUT2D eigenvalue weighted by molar-refractivity contribution is -0.142. The summed E-state index contributed by atoms with van der Waals surface area (Å²) in [5.41, 5.74) is 45.6. The molecule has 1 fully saturated rings. The van der Waals surface area contributed by atoms with E-state index in [1.807, 2.05) is 0 Å². The molecule has 2 heterocycles. The highest BCUT2D eigenvalue weighted by atomic mass is 16.2. The van der Waals surface area contributed by atoms with Gasteiger partial charge in [-0.25, -0.2) is 4.98 Å². The van der Waals surface area contributed by atoms with Gasteiger partial charge in [-0.2, -0.15) is 0 Å². The van der Waals surface area contributed by atoms with Crippen LogP contribution in [0.3, 0.4) is 0 Å². The SMILES string of the molecule is CC(NC(=O)[C@H](CCN)NC(=O)[C@@H](N)CCCCN)C(=O)NCC(=O)N[C@H](CCCN)C(=O)N1CCC[C@H]1C(=O)N[C@@H](Cc1cnc[nH]1)C(=O)N[C@@H](CCCCN)C(=O)N/C(=C\CCN=C(N)N)C(=O)NCCCCCN. The highest BCUT2D eigenvalue weighted by molar-refractivity contribution is 6.00. The number of imidazole rings is 1. The van der Waals surface area contributed by atoms with Crippen molar-refractivity contribution >= 4 is 59.1 Å². The van der Waals surface area contributed by atoms with Crippen molar-refractivity contribution in [1.82, 2.24) is 57.4 Å². The summed E-state index contributed by atoms with van der Waals surface area (Å²) in [5, 5.41) is 21.1. The maximum atomic E-state index is 14.3. The van der Waals surface area contributed by atoms with Crippen LogP contribution in [0, 0.1) is 0 Å². The third-order valence-electron chi connectivity index (χ3n) is 12.4. The Hall–Kier alpha value is -6.79. The van der Waals surface area contributed by atoms with Crippen LogP contribution in [0.4, 0.5) is 0 Å². The first-order valence-electron chi connectivity index (χ1n) is 26.6. The third-order valence-corrected chi connectivity index (χ3v) is 12.4. The van der Waals surface area contributed by atoms with Gasteiger partial charge in [0.2, 0.25) is 47.3 Å². The monoisotopic (exact) mass is 1090 g/mol. The fourth-order valence-electron chi connectivity index (χ4n) is 8.08. The second-order valence-electron chi connectivity index (χ2n) is 18.7. The van der Waals surface area contributed by atoms with Crippen LogP contribution < -0.4 is 88.4 Å². The number of nitrogens with two attached hydrogens (primary N) is 8. The Morgan fingerprint density at radius 2 is 1.34 bits per heavy atom. The zero-order valence-electron chi connectivity index (χ0n) is 44.6. The van der Waals surface area contributed by atoms with Crippen LogP contribution in [0.1, 0.15) is 109 Å². The van der Waals surface area contributed by atoms with Gasteiger partial charge < -0.3 is 98.3 Å². The van der Waals surface area contributed by atoms with Crippen LogP contribution in [-0.2, 0) is 49.6 Å². The molecule has 1 unspecified atom stereocenters. The average Bonchev–Trinajstić information content (AvgIpc) is 4.12. The Bertz CT molecular complexity index is 2070. The number of hydrogen-bond donors (Lipinski definition) is 17. The van der Waals surface area contributed by atoms with Crippen molar-refractivity contribution in [2.24, 2.45) is 50.9 Å². The van der Waals surface area contributed by atoms with Crippen molar-refractivity contribution in [2.75, 3.05) is 58.9 Å². The lowest BCUT2D eigenvalue weighted by atomic mass is 10.1. The van der Waals surface area contributed by atoms with Gasteiger partial charge in [-0.05, 0) is 123 Å². The smallest absolute Gasteiger partial charge is 0.267 e. The molecule has 1 aromatic heterocycles. The fourth-order valence-corrected chi connectivity index (χ4v) is 8.08. The molecule has 0 spiro atoms. The van der Waals surface area contributed by atoms with Gasteiger partial charge in [0.15, 0.2) is 5.96 Å². The highest BCUT2D eigenvalue weighted by Gasteiger charge is 2.39. The van der Waals surface area contributed by atoms with Crippen molar-refractivity contribution in [3.63, 3.8) is 0 Å². The van der Waals surface area contributed by atoms with E-state index in [1.54, 1.807) is 0 Å². The molecule has 0 saturated carbocycles. The number of nitrogens with one attached hydrogen (secondary N) is 9. The number of carbonyl (C=O) groups excluding carboxylic acids is 9. The second kappa shape index (κ2) is 37.9. The first-order chi connectivity index (χ1) is 36.9. The predicted molar refractivity (Wildman–Crippen MR) is 289 cm³/mol. The molecule has 29 heteroatoms. The summed E-state index contributed by atoms with van der Waals surface area (Å²) in [6, 6.07) is -7.88. The summed E-state index contributed by atoms with van der Waals surface area (Å²) in [6.45, 7) is 2.84. The average molecular weight is 1090 g/mol. The molecule has 1 aromatic rings. The number of rotatable bonds is 39. The normalized spacial score (nSPS) is 15.6. The van der Waals surface area contributed by atoms with Crippen molar-refractivity contribution in [1.29, 1.82) is 0 Å². The largest absolute Gasteiger partial charge is 0.370 e. The number of likely N-dealkylation sites (tertiary alicyclic amines) is 1. The van der Waals surface area contributed by atoms with Gasteiger partial charge in [0, 0.05) is 37.9 Å². The number of aromatic amines is 1. The number of hydrogen-bond acceptors (Lipinski definition) is 17. The molecule has 434 valence electrons. The van der Waals surface area contributed by atoms with Crippen LogP contribution >= 0.6 is 0 Å². The number of aliphatic imine (C=N–C) groups is 1. The Morgan fingerprint density at radius 1 is 0.701 bits per heavy atom. The van der Waals surface area contributed by atoms with Crippen LogP contribution in [-0.4, -0.2) is 175 Å². The summed E-state index contributed by atoms with van der Waals surface area (Å²) < 4.78 is 0. The maximum absolute atomic E-state index is 14.3. The van der Waals surface area contributed by atoms with Gasteiger partial charge in [0.05, 0.1) is 18.9 Å². The van der Waals surface area contributed by atoms with Crippen molar-refractivity contribution in [2.45, 2.75) is 152 Å². The summed E-state index contributed by atoms with van der Waals surface area (Å²) >= 11 is 0. The zero-order valence-corrected chi connectivity index (χ0v) is 44.6. The standard InChI is InChI=1S/C48H88N20O9/c1-30(62-43(73)35(17-22-53)64-41(71)32(54)12-3-6-19-50)40(70)60-28-39(69)63-36(14-9-21-52)47(77)68-25-11-16-38(68)46(76)67-37(26-31-27-57-29-61-31)45(75)66-34(13-4-7-20-51)44(74)65-33(15-10-24-59-48(55)56)42(72)58-23-8-2-5-18-49/h15,27,29-30,32,34-38H,2-14,16-26,28,49-54H2,1H3,(H,57,61)(H,58,72)(H,60,70)(H,62,73)(H,63,69)(H,64,71)(H,65,74)(H,66,75)(H,67,76)(H4,55,56,59)/b33-15-/t30?,32-,34-,35-,36+,37-,38-/m0/s1. The van der Waals surface area contributed by atoms with E-state index < -0.39 is 102 Å². The summed E-state index contributed by atoms with van der Waals surface area (Å²) in [5.74, 6) is -6.21. The minimum absolute atomic E-state index is 0.0444. The van der Waals surface area contributed by atoms with E-state index in [9.17, 15) is 43.2 Å². The lowest BCUT2D eigenvalue weighted by Gasteiger charge is -2.30. The first-order valence-corrected chi connectivity index (χ1v) is 26.6. The van der Waals surface area contributed by atoms with Gasteiger partial charge in [-0.1, -0.05) is 18.9 Å². The Morgan fingerprint density at radius 3 is 1.99 bits per heavy atom. The highest BCUT2D eigenvalue weighted by Crippen LogP contribution is 2.20. The van der Waals surface area contributed by atoms with E-state index in [4.69, 9.17) is 45.9 Å². The number of amides is 9. The van der Waals surface area contributed by atoms with Gasteiger partial charge in [0.25, 0.3) is 5.91 Å². The third kappa shape index (κ3) is 25.7. The molecular formula is C48H88N20O9. The van der Waals surface area contributed by atoms with Crippen LogP contribution in [0.5, 0.6) is 0 Å². The van der Waals surface area contributed by atoms with Gasteiger partial charge >= 0.3 is 0 Å². The molecule has 1 aliphatic heterocycles. The molecule has 0 aromatic carbocycles. The number of aromatic nitrogens is 2. The predicted octanol–water partition coefficient (Wildman–Crippen LogP) is -5.91. The topological polar surface area (TPSA) is 502 Å². The second-order valence-corrected chi connectivity index (χ2v) is 18.7. The molecular weight excluding hydrogens is 1000 g/mol. The molecule has 0 bridgehead atoms. The molecule has 9 amide bonds. The summed E-state index contributed by atoms with van der Waals surface area (Å²) in [7, 11) is 0. The van der Waals surface area contributed by atoms with E-state index >= 15 is 0 Å². The summed E-state index contributed by atoms with van der Waals surface area (Å²) in [6.07, 6.45) is 10.4. The molecule has 77 heavy (non-hydrogen) atoms. The fraction of sp³-hybridized carbons (Fsp3) is 0.688. The Balaban J connectivity index is 2.23. The number of nitrogens with zero attached hydrogens (tertiary/aromatic N) is 3. The van der Waals surface area contributed by atoms with E-state index in [1.165, 1.54) is 30.4 Å². The number of H-pyrrole nitrogens is 1. The lowest BCUT2D eigenvalue weighted by Crippen LogP contribution is -2.59. The van der Waals surface area contributed by atoms with Crippen LogP contribution in [0.25, 0.3) is 0 Å². The number of unbranched alkanes of at least 4 members (excludes halogenated alkanes) is 4. The Kier molecular flexibility index (Phi) is 32.6. The number of carbonyl (C=O) groups is 9. The van der Waals surface area contributed by atoms with Gasteiger partial charge in [-0.15, -0.1) is 0 Å². The Labute approximate surface area is 450 Å². The van der Waals surface area contributed by atoms with E-state index in [-0.39, 0.29) is 76.4 Å². The first kappa shape index (κ1) is 66.3. The molecule has 0 radical (unpaired) electrons. The molecule has 1 saturated heterocycles. The van der Waals surface area contributed by atoms with E-state index in [0.29, 0.717) is 83.2 Å². The summed E-state index contributed by atoms with van der Waals surface area (Å²) in [4.78, 5) is 134. The van der Waals surface area contributed by atoms with Crippen molar-refractivity contribution in [3.05, 3.63) is 30.0 Å². The molecule has 29 nitrogen and oxygen atoms in total. The molecule has 2 rings (SSSR count). The zero-order chi connectivity index (χ0) is 57.1. The van der Waals surface area contributed by atoms with Gasteiger partial charge in [-0.3, -0.25) is 48.1 Å². The van der Waals surface area contributed by atoms with E-state index in [0.717, 1.165) is 12.8 Å². The quantitative estimate of drug-likeness (QED) is 0.0126.